The van der Waals surface area contributed by atoms with Gasteiger partial charge in [-0.15, -0.1) is 15.0 Å². The minimum atomic E-state index is -0.184. The van der Waals surface area contributed by atoms with Crippen molar-refractivity contribution in [2.45, 2.75) is 0 Å². The van der Waals surface area contributed by atoms with E-state index in [1.54, 1.807) is 0 Å². The molecule has 1 rings (SSSR count). The van der Waals surface area contributed by atoms with Crippen LogP contribution in [0.1, 0.15) is 0 Å². The molecule has 0 fully saturated rings. The number of hydrogen-bond donors (Lipinski definition) is 1. The third kappa shape index (κ3) is 0.625. The molecule has 6 nitrogen and oxygen atoms in total. The number of rotatable bonds is 1. The van der Waals surface area contributed by atoms with Gasteiger partial charge in [-0.2, -0.15) is 0 Å². The van der Waals surface area contributed by atoms with E-state index in [1.807, 2.05) is 0 Å². The lowest BCUT2D eigenvalue weighted by Crippen LogP contribution is -1.84. The van der Waals surface area contributed by atoms with Gasteiger partial charge in [-0.25, -0.2) is 0 Å². The highest BCUT2D eigenvalue weighted by atomic mass is 16.6. The highest BCUT2D eigenvalue weighted by molar-refractivity contribution is 5.05. The van der Waals surface area contributed by atoms with Crippen LogP contribution in [-0.2, 0) is 0 Å². The zero-order chi connectivity index (χ0) is 5.98. The molecule has 0 aliphatic carbocycles. The van der Waals surface area contributed by atoms with Gasteiger partial charge in [-0.3, -0.25) is 0 Å². The van der Waals surface area contributed by atoms with Gasteiger partial charge in [-0.05, 0) is 5.16 Å². The van der Waals surface area contributed by atoms with Crippen molar-refractivity contribution < 1.29 is 9.49 Å². The second-order valence-corrected chi connectivity index (χ2v) is 1.06. The zero-order valence-electron chi connectivity index (χ0n) is 3.74. The molecule has 1 aromatic rings. The van der Waals surface area contributed by atoms with E-state index in [2.05, 4.69) is 14.9 Å². The summed E-state index contributed by atoms with van der Waals surface area (Å²) in [5.41, 5.74) is 6.35. The molecule has 1 aromatic heterocycles. The Kier molecular flexibility index (Phi) is 0.918. The van der Waals surface area contributed by atoms with Crippen LogP contribution >= 0.6 is 0 Å². The average molecular weight is 114 g/mol. The van der Waals surface area contributed by atoms with Crippen LogP contribution in [0.5, 0.6) is 0 Å². The molecule has 0 amide bonds. The van der Waals surface area contributed by atoms with E-state index in [-0.39, 0.29) is 10.7 Å². The molecule has 42 valence electrons. The monoisotopic (exact) mass is 114 g/mol. The van der Waals surface area contributed by atoms with Gasteiger partial charge in [-0.1, -0.05) is 0 Å². The lowest BCUT2D eigenvalue weighted by molar-refractivity contribution is -0.470. The molecule has 0 radical (unpaired) electrons. The van der Waals surface area contributed by atoms with Crippen LogP contribution in [0.25, 0.3) is 0 Å². The molecular weight excluding hydrogens is 112 g/mol. The van der Waals surface area contributed by atoms with Crippen molar-refractivity contribution in [2.75, 3.05) is 0 Å². The Morgan fingerprint density at radius 2 is 2.62 bits per heavy atom. The summed E-state index contributed by atoms with van der Waals surface area (Å²) in [4.78, 5) is -0.184. The number of nitrogens with one attached hydrogen (secondary N) is 1. The first kappa shape index (κ1) is 4.69. The maximum absolute atomic E-state index is 9.93. The standard InChI is InChI=1S/C2H2N4O2/c3-6(7)2-1-4-8-5-2/h1,3H. The summed E-state index contributed by atoms with van der Waals surface area (Å²) in [5, 5.41) is 16.1. The van der Waals surface area contributed by atoms with Crippen molar-refractivity contribution in [3.05, 3.63) is 11.4 Å². The summed E-state index contributed by atoms with van der Waals surface area (Å²) in [6.07, 6.45) is 1.06. The predicted octanol–water partition coefficient (Wildman–Crippen LogP) is 0.242. The Labute approximate surface area is 43.8 Å². The van der Waals surface area contributed by atoms with Crippen LogP contribution in [0.3, 0.4) is 0 Å². The Morgan fingerprint density at radius 3 is 2.88 bits per heavy atom. The van der Waals surface area contributed by atoms with Crippen molar-refractivity contribution >= 4 is 5.82 Å². The van der Waals surface area contributed by atoms with Crippen LogP contribution in [0, 0.1) is 10.7 Å². The van der Waals surface area contributed by atoms with Crippen LogP contribution in [0.4, 0.5) is 5.82 Å². The lowest BCUT2D eigenvalue weighted by atomic mass is 10.8. The molecule has 1 N–H and O–H groups in total. The Bertz CT molecular complexity index is 180. The summed E-state index contributed by atoms with van der Waals surface area (Å²) < 4.78 is 4.01. The van der Waals surface area contributed by atoms with Crippen LogP contribution < -0.4 is 0 Å². The third-order valence-corrected chi connectivity index (χ3v) is 0.558. The van der Waals surface area contributed by atoms with Crippen LogP contribution in [0.2, 0.25) is 0 Å². The molecule has 6 heteroatoms. The van der Waals surface area contributed by atoms with E-state index in [0.717, 1.165) is 6.20 Å². The van der Waals surface area contributed by atoms with E-state index in [9.17, 15) is 5.21 Å². The molecule has 8 heavy (non-hydrogen) atoms. The molecule has 1 heterocycles. The van der Waals surface area contributed by atoms with Gasteiger partial charge in [0.15, 0.2) is 11.4 Å². The van der Waals surface area contributed by atoms with Crippen LogP contribution in [0.15, 0.2) is 10.8 Å². The first-order chi connectivity index (χ1) is 3.80. The average Bonchev–Trinajstić information content (AvgIpc) is 2.12. The summed E-state index contributed by atoms with van der Waals surface area (Å²) in [5.74, 6) is -0.148. The normalized spacial score (nSPS) is 9.00. The Hall–Kier alpha value is -1.46. The fraction of sp³-hybridized carbons (Fsp3) is 0. The minimum absolute atomic E-state index is 0.148. The van der Waals surface area contributed by atoms with Gasteiger partial charge in [0, 0.05) is 0 Å². The molecule has 0 atom stereocenters. The van der Waals surface area contributed by atoms with Gasteiger partial charge >= 0.3 is 5.82 Å². The van der Waals surface area contributed by atoms with E-state index in [1.165, 1.54) is 0 Å². The van der Waals surface area contributed by atoms with Gasteiger partial charge in [0.05, 0.1) is 0 Å². The van der Waals surface area contributed by atoms with Crippen molar-refractivity contribution in [1.82, 2.24) is 10.3 Å². The van der Waals surface area contributed by atoms with Gasteiger partial charge in [0.25, 0.3) is 0 Å². The van der Waals surface area contributed by atoms with Crippen LogP contribution in [-0.4, -0.2) is 15.2 Å². The maximum atomic E-state index is 9.93. The maximum Gasteiger partial charge on any atom is 0.417 e. The molecule has 0 spiro atoms. The summed E-state index contributed by atoms with van der Waals surface area (Å²) in [7, 11) is 0. The smallest absolute Gasteiger partial charge is 0.417 e. The van der Waals surface area contributed by atoms with E-state index in [0.29, 0.717) is 0 Å². The highest BCUT2D eigenvalue weighted by Crippen LogP contribution is 1.99. The summed E-state index contributed by atoms with van der Waals surface area (Å²) in [6.45, 7) is 0. The van der Waals surface area contributed by atoms with Crippen molar-refractivity contribution in [3.63, 3.8) is 0 Å². The van der Waals surface area contributed by atoms with Crippen molar-refractivity contribution in [1.29, 1.82) is 5.53 Å². The van der Waals surface area contributed by atoms with E-state index >= 15 is 0 Å². The molecule has 0 aliphatic heterocycles. The highest BCUT2D eigenvalue weighted by Gasteiger charge is 2.04. The van der Waals surface area contributed by atoms with Crippen molar-refractivity contribution in [3.8, 4) is 0 Å². The Balaban J connectivity index is 2.93. The number of aromatic nitrogens is 2. The number of hydrogen-bond acceptors (Lipinski definition) is 5. The lowest BCUT2D eigenvalue weighted by Gasteiger charge is -1.89. The first-order valence-corrected chi connectivity index (χ1v) is 1.77. The fourth-order valence-corrected chi connectivity index (χ4v) is 0.249. The molecule has 0 bridgehead atoms. The SMILES string of the molecule is N=[N+]([O-])c1cnon1. The number of nitrogens with zero attached hydrogens (tertiary/aromatic N) is 3. The predicted molar refractivity (Wildman–Crippen MR) is 20.3 cm³/mol. The molecular formula is C2H2N4O2. The van der Waals surface area contributed by atoms with E-state index in [4.69, 9.17) is 5.53 Å². The van der Waals surface area contributed by atoms with Crippen molar-refractivity contribution in [2.24, 2.45) is 0 Å². The molecule has 0 saturated carbocycles. The second kappa shape index (κ2) is 1.57. The van der Waals surface area contributed by atoms with E-state index < -0.39 is 0 Å². The quantitative estimate of drug-likeness (QED) is 0.321. The molecule has 0 saturated heterocycles. The largest absolute Gasteiger partial charge is 0.691 e. The molecule has 0 aliphatic rings. The van der Waals surface area contributed by atoms with Gasteiger partial charge < -0.3 is 5.21 Å². The summed E-state index contributed by atoms with van der Waals surface area (Å²) >= 11 is 0. The minimum Gasteiger partial charge on any atom is -0.691 e. The zero-order valence-corrected chi connectivity index (χ0v) is 3.74. The van der Waals surface area contributed by atoms with Gasteiger partial charge in [0.2, 0.25) is 0 Å². The second-order valence-electron chi connectivity index (χ2n) is 1.06. The molecule has 0 aromatic carbocycles. The topological polar surface area (TPSA) is 88.8 Å². The van der Waals surface area contributed by atoms with Gasteiger partial charge in [0.1, 0.15) is 0 Å². The Morgan fingerprint density at radius 1 is 1.88 bits per heavy atom. The first-order valence-electron chi connectivity index (χ1n) is 1.77. The molecule has 0 unspecified atom stereocenters. The fourth-order valence-electron chi connectivity index (χ4n) is 0.249. The summed E-state index contributed by atoms with van der Waals surface area (Å²) in [6, 6.07) is 0. The third-order valence-electron chi connectivity index (χ3n) is 0.558.